The summed E-state index contributed by atoms with van der Waals surface area (Å²) in [5.74, 6) is -0.494. The molecule has 0 fully saturated rings. The first-order valence-corrected chi connectivity index (χ1v) is 14.7. The van der Waals surface area contributed by atoms with Gasteiger partial charge in [0, 0.05) is 61.0 Å². The van der Waals surface area contributed by atoms with Crippen LogP contribution in [0.2, 0.25) is 0 Å². The third-order valence-corrected chi connectivity index (χ3v) is 7.84. The number of nitrogens with one attached hydrogen (secondary N) is 1. The second kappa shape index (κ2) is 14.6. The van der Waals surface area contributed by atoms with Gasteiger partial charge in [0.15, 0.2) is 0 Å². The van der Waals surface area contributed by atoms with Crippen molar-refractivity contribution in [3.63, 3.8) is 0 Å². The van der Waals surface area contributed by atoms with E-state index in [1.807, 2.05) is 52.8 Å². The van der Waals surface area contributed by atoms with Gasteiger partial charge in [0.05, 0.1) is 11.3 Å². The number of amides is 1. The summed E-state index contributed by atoms with van der Waals surface area (Å²) in [6, 6.07) is 11.8. The van der Waals surface area contributed by atoms with Crippen molar-refractivity contribution in [2.45, 2.75) is 59.9 Å². The van der Waals surface area contributed by atoms with E-state index in [0.717, 1.165) is 28.6 Å². The topological polar surface area (TPSA) is 103 Å². The van der Waals surface area contributed by atoms with E-state index in [1.165, 1.54) is 23.2 Å². The van der Waals surface area contributed by atoms with Crippen molar-refractivity contribution in [3.05, 3.63) is 98.9 Å². The molecule has 1 N–H and O–H groups in total. The predicted molar refractivity (Wildman–Crippen MR) is 178 cm³/mol. The van der Waals surface area contributed by atoms with E-state index in [0.29, 0.717) is 34.6 Å². The maximum Gasteiger partial charge on any atom is 0.258 e. The molecule has 0 radical (unpaired) electrons. The van der Waals surface area contributed by atoms with Crippen molar-refractivity contribution < 1.29 is 9.18 Å². The summed E-state index contributed by atoms with van der Waals surface area (Å²) in [5, 5.41) is 14.3. The minimum Gasteiger partial charge on any atom is -0.377 e. The van der Waals surface area contributed by atoms with Crippen LogP contribution < -0.4 is 10.9 Å². The summed E-state index contributed by atoms with van der Waals surface area (Å²) in [4.78, 5) is 37.0. The molecule has 2 unspecified atom stereocenters. The number of hydrogen-bond donors (Lipinski definition) is 1. The molecule has 1 heterocycles. The van der Waals surface area contributed by atoms with Gasteiger partial charge in [0.2, 0.25) is 0 Å². The number of amidine groups is 1. The highest BCUT2D eigenvalue weighted by Gasteiger charge is 2.19. The summed E-state index contributed by atoms with van der Waals surface area (Å²) in [7, 11) is 3.39. The molecule has 230 valence electrons. The van der Waals surface area contributed by atoms with Gasteiger partial charge in [-0.15, -0.1) is 0 Å². The molecule has 1 amide bonds. The molecule has 0 aliphatic carbocycles. The molecule has 1 aromatic heterocycles. The van der Waals surface area contributed by atoms with E-state index in [4.69, 9.17) is 0 Å². The number of nitrogens with zero attached hydrogens (tertiary/aromatic N) is 5. The van der Waals surface area contributed by atoms with E-state index in [2.05, 4.69) is 27.9 Å². The van der Waals surface area contributed by atoms with Crippen LogP contribution in [0.25, 0.3) is 10.8 Å². The van der Waals surface area contributed by atoms with Gasteiger partial charge in [-0.1, -0.05) is 26.5 Å². The Morgan fingerprint density at radius 2 is 1.86 bits per heavy atom. The molecule has 3 aromatic rings. The minimum absolute atomic E-state index is 0.131. The maximum absolute atomic E-state index is 13.8. The fraction of sp³-hybridized carbons (Fsp3) is 0.343. The molecule has 0 aliphatic rings. The summed E-state index contributed by atoms with van der Waals surface area (Å²) < 4.78 is 15.4. The second-order valence-electron chi connectivity index (χ2n) is 10.8. The second-order valence-corrected chi connectivity index (χ2v) is 10.8. The molecule has 8 nitrogen and oxygen atoms in total. The highest BCUT2D eigenvalue weighted by atomic mass is 19.1. The van der Waals surface area contributed by atoms with Gasteiger partial charge in [0.1, 0.15) is 17.7 Å². The first-order valence-electron chi connectivity index (χ1n) is 14.7. The number of nitriles is 1. The molecular weight excluding hydrogens is 555 g/mol. The lowest BCUT2D eigenvalue weighted by molar-refractivity contribution is -0.123. The van der Waals surface area contributed by atoms with Crippen LogP contribution in [0.4, 0.5) is 10.1 Å². The Balaban J connectivity index is 2.11. The van der Waals surface area contributed by atoms with Gasteiger partial charge in [-0.2, -0.15) is 5.26 Å². The van der Waals surface area contributed by atoms with Gasteiger partial charge in [-0.05, 0) is 87.2 Å². The summed E-state index contributed by atoms with van der Waals surface area (Å²) >= 11 is 0. The Hall–Kier alpha value is -4.84. The van der Waals surface area contributed by atoms with Gasteiger partial charge in [0.25, 0.3) is 11.5 Å². The molecule has 2 atom stereocenters. The predicted octanol–water partition coefficient (Wildman–Crippen LogP) is 6.82. The Bertz CT molecular complexity index is 1780. The number of hydrogen-bond acceptors (Lipinski definition) is 5. The van der Waals surface area contributed by atoms with Crippen LogP contribution in [0.5, 0.6) is 0 Å². The van der Waals surface area contributed by atoms with E-state index in [-0.39, 0.29) is 29.0 Å². The molecule has 0 spiro atoms. The number of rotatable bonds is 10. The number of aryl methyl sites for hydroxylation is 1. The number of pyridine rings is 1. The fourth-order valence-corrected chi connectivity index (χ4v) is 5.00. The van der Waals surface area contributed by atoms with E-state index in [9.17, 15) is 19.2 Å². The molecule has 2 aromatic carbocycles. The number of halogens is 1. The van der Waals surface area contributed by atoms with E-state index in [1.54, 1.807) is 37.9 Å². The van der Waals surface area contributed by atoms with Crippen molar-refractivity contribution in [2.75, 3.05) is 18.9 Å². The van der Waals surface area contributed by atoms with Crippen LogP contribution in [0.1, 0.15) is 75.9 Å². The number of likely N-dealkylation sites (N-methyl/N-ethyl adjacent to an activating group) is 1. The van der Waals surface area contributed by atoms with Gasteiger partial charge < -0.3 is 14.8 Å². The molecule has 0 aliphatic heterocycles. The van der Waals surface area contributed by atoms with Gasteiger partial charge >= 0.3 is 0 Å². The number of aromatic nitrogens is 1. The largest absolute Gasteiger partial charge is 0.377 e. The normalized spacial score (nSPS) is 13.8. The Labute approximate surface area is 259 Å². The number of fused-ring (bicyclic) bond motifs is 1. The van der Waals surface area contributed by atoms with Gasteiger partial charge in [-0.25, -0.2) is 9.38 Å². The average molecular weight is 597 g/mol. The van der Waals surface area contributed by atoms with Crippen LogP contribution in [0.15, 0.2) is 75.1 Å². The van der Waals surface area contributed by atoms with Crippen LogP contribution in [0.3, 0.4) is 0 Å². The van der Waals surface area contributed by atoms with Crippen LogP contribution >= 0.6 is 0 Å². The zero-order chi connectivity index (χ0) is 32.7. The minimum atomic E-state index is -0.481. The van der Waals surface area contributed by atoms with Crippen molar-refractivity contribution in [3.8, 4) is 6.07 Å². The van der Waals surface area contributed by atoms with Crippen molar-refractivity contribution in [1.29, 1.82) is 5.26 Å². The van der Waals surface area contributed by atoms with E-state index >= 15 is 0 Å². The Kier molecular flexibility index (Phi) is 11.1. The average Bonchev–Trinajstić information content (AvgIpc) is 3.03. The number of benzene rings is 2. The molecule has 9 heteroatoms. The third kappa shape index (κ3) is 7.20. The van der Waals surface area contributed by atoms with Crippen molar-refractivity contribution in [1.82, 2.24) is 9.47 Å². The van der Waals surface area contributed by atoms with E-state index < -0.39 is 5.82 Å². The van der Waals surface area contributed by atoms with Crippen LogP contribution in [-0.4, -0.2) is 41.0 Å². The van der Waals surface area contributed by atoms with Crippen LogP contribution in [0, 0.1) is 17.1 Å². The number of carbonyl (C=O) groups excluding carboxylic acids is 1. The molecule has 0 saturated heterocycles. The first kappa shape index (κ1) is 33.7. The quantitative estimate of drug-likeness (QED) is 0.158. The highest BCUT2D eigenvalue weighted by molar-refractivity contribution is 6.09. The summed E-state index contributed by atoms with van der Waals surface area (Å²) in [6.45, 7) is 15.5. The maximum atomic E-state index is 13.8. The Morgan fingerprint density at radius 3 is 2.48 bits per heavy atom. The molecule has 0 bridgehead atoms. The zero-order valence-corrected chi connectivity index (χ0v) is 26.8. The zero-order valence-electron chi connectivity index (χ0n) is 26.8. The van der Waals surface area contributed by atoms with Crippen molar-refractivity contribution in [2.24, 2.45) is 17.0 Å². The smallest absolute Gasteiger partial charge is 0.258 e. The third-order valence-electron chi connectivity index (χ3n) is 7.84. The molecule has 3 rings (SSSR count). The standard InChI is InChI=1S/C35H41FN6O2/c1-10-25-15-28(24(7)40-31-14-13-27(36)17-26(31)19-37)29-18-32(42(9)35(44)30(29)16-25)21(4)20-39-33(38-11-2)22(5)23(6)34(43)41(8)12-3/h12-18,20-21,24,40H,3,10-11H2,1-2,4-9H3/b23-22+,38-33?,39-20?. The lowest BCUT2D eigenvalue weighted by Crippen LogP contribution is -2.24. The molecular formula is C35H41FN6O2. The Morgan fingerprint density at radius 1 is 1.16 bits per heavy atom. The SMILES string of the molecule is C=CN(C)C(=O)/C(C)=C(\C)C(N=CC(C)c1cc2c(C(C)Nc3ccc(F)cc3C#N)cc(CC)cc2c(=O)n1C)=NCC. The summed E-state index contributed by atoms with van der Waals surface area (Å²) in [5.41, 5.74) is 4.41. The fourth-order valence-electron chi connectivity index (χ4n) is 5.00. The monoisotopic (exact) mass is 596 g/mol. The molecule has 44 heavy (non-hydrogen) atoms. The number of carbonyl (C=O) groups is 1. The van der Waals surface area contributed by atoms with Crippen LogP contribution in [-0.2, 0) is 18.3 Å². The van der Waals surface area contributed by atoms with Crippen molar-refractivity contribution >= 4 is 34.4 Å². The summed E-state index contributed by atoms with van der Waals surface area (Å²) in [6.07, 6.45) is 3.94. The number of anilines is 1. The first-order chi connectivity index (χ1) is 20.9. The van der Waals surface area contributed by atoms with Gasteiger partial charge in [-0.3, -0.25) is 14.6 Å². The lowest BCUT2D eigenvalue weighted by Gasteiger charge is -2.22. The molecule has 0 saturated carbocycles. The number of aliphatic imine (C=N–C) groups is 2. The lowest BCUT2D eigenvalue weighted by atomic mass is 9.94. The highest BCUT2D eigenvalue weighted by Crippen LogP contribution is 2.30.